The monoisotopic (exact) mass is 383 g/mol. The number of hydrogen-bond donors (Lipinski definition) is 1. The Morgan fingerprint density at radius 3 is 2.21 bits per heavy atom. The van der Waals surface area contributed by atoms with Crippen LogP contribution in [0.3, 0.4) is 0 Å². The second-order valence-corrected chi connectivity index (χ2v) is 6.82. The van der Waals surface area contributed by atoms with Gasteiger partial charge < -0.3 is 15.0 Å². The van der Waals surface area contributed by atoms with Crippen molar-refractivity contribution in [3.05, 3.63) is 59.7 Å². The quantitative estimate of drug-likeness (QED) is 0.723. The number of carbonyl (C=O) groups is 2. The van der Waals surface area contributed by atoms with Crippen LogP contribution < -0.4 is 10.1 Å². The SMILES string of the molecule is CCN(CC(=O)Nc1ccc(OC)cc1)CC(=O)N(C)Cc1ccc(C)cc1. The lowest BCUT2D eigenvalue weighted by Gasteiger charge is -2.23. The maximum absolute atomic E-state index is 12.5. The van der Waals surface area contributed by atoms with Crippen LogP contribution in [0.5, 0.6) is 5.75 Å². The maximum Gasteiger partial charge on any atom is 0.238 e. The zero-order valence-corrected chi connectivity index (χ0v) is 17.1. The number of anilines is 1. The number of hydrogen-bond acceptors (Lipinski definition) is 4. The summed E-state index contributed by atoms with van der Waals surface area (Å²) >= 11 is 0. The molecule has 0 aliphatic heterocycles. The molecule has 0 atom stereocenters. The van der Waals surface area contributed by atoms with Gasteiger partial charge in [0.2, 0.25) is 11.8 Å². The first kappa shape index (κ1) is 21.4. The number of benzene rings is 2. The van der Waals surface area contributed by atoms with Crippen LogP contribution in [0.1, 0.15) is 18.1 Å². The van der Waals surface area contributed by atoms with Crippen molar-refractivity contribution < 1.29 is 14.3 Å². The highest BCUT2D eigenvalue weighted by atomic mass is 16.5. The Morgan fingerprint density at radius 1 is 1.00 bits per heavy atom. The summed E-state index contributed by atoms with van der Waals surface area (Å²) in [5.41, 5.74) is 2.98. The molecule has 28 heavy (non-hydrogen) atoms. The normalized spacial score (nSPS) is 10.6. The van der Waals surface area contributed by atoms with Crippen molar-refractivity contribution in [3.8, 4) is 5.75 Å². The zero-order chi connectivity index (χ0) is 20.5. The molecule has 0 radical (unpaired) electrons. The minimum atomic E-state index is -0.152. The smallest absolute Gasteiger partial charge is 0.238 e. The van der Waals surface area contributed by atoms with Gasteiger partial charge in [0.15, 0.2) is 0 Å². The zero-order valence-electron chi connectivity index (χ0n) is 17.1. The highest BCUT2D eigenvalue weighted by Crippen LogP contribution is 2.15. The van der Waals surface area contributed by atoms with Gasteiger partial charge in [0, 0.05) is 19.3 Å². The molecule has 0 unspecified atom stereocenters. The van der Waals surface area contributed by atoms with Gasteiger partial charge in [-0.25, -0.2) is 0 Å². The van der Waals surface area contributed by atoms with Crippen LogP contribution in [-0.2, 0) is 16.1 Å². The molecule has 0 spiro atoms. The van der Waals surface area contributed by atoms with Gasteiger partial charge >= 0.3 is 0 Å². The van der Waals surface area contributed by atoms with E-state index in [1.165, 1.54) is 5.56 Å². The first-order valence-corrected chi connectivity index (χ1v) is 9.37. The van der Waals surface area contributed by atoms with Gasteiger partial charge in [-0.05, 0) is 43.3 Å². The summed E-state index contributed by atoms with van der Waals surface area (Å²) in [6.45, 7) is 5.50. The molecule has 0 bridgehead atoms. The first-order chi connectivity index (χ1) is 13.4. The van der Waals surface area contributed by atoms with E-state index in [0.29, 0.717) is 18.8 Å². The summed E-state index contributed by atoms with van der Waals surface area (Å²) in [6, 6.07) is 15.3. The molecule has 0 aliphatic rings. The van der Waals surface area contributed by atoms with Crippen LogP contribution in [0, 0.1) is 6.92 Å². The summed E-state index contributed by atoms with van der Waals surface area (Å²) in [4.78, 5) is 28.3. The average molecular weight is 383 g/mol. The summed E-state index contributed by atoms with van der Waals surface area (Å²) in [7, 11) is 3.38. The van der Waals surface area contributed by atoms with Crippen LogP contribution in [0.2, 0.25) is 0 Å². The number of ether oxygens (including phenoxy) is 1. The second-order valence-electron chi connectivity index (χ2n) is 6.82. The van der Waals surface area contributed by atoms with E-state index in [9.17, 15) is 9.59 Å². The molecule has 0 saturated carbocycles. The second kappa shape index (κ2) is 10.5. The number of carbonyl (C=O) groups excluding carboxylic acids is 2. The molecule has 2 aromatic carbocycles. The number of likely N-dealkylation sites (N-methyl/N-ethyl adjacent to an activating group) is 2. The highest BCUT2D eigenvalue weighted by molar-refractivity contribution is 5.92. The molecule has 6 nitrogen and oxygen atoms in total. The van der Waals surface area contributed by atoms with Crippen LogP contribution in [0.4, 0.5) is 5.69 Å². The van der Waals surface area contributed by atoms with Gasteiger partial charge in [0.1, 0.15) is 5.75 Å². The van der Waals surface area contributed by atoms with Gasteiger partial charge in [-0.1, -0.05) is 36.8 Å². The lowest BCUT2D eigenvalue weighted by molar-refractivity contribution is -0.132. The van der Waals surface area contributed by atoms with Crippen LogP contribution >= 0.6 is 0 Å². The molecule has 0 heterocycles. The van der Waals surface area contributed by atoms with Gasteiger partial charge in [-0.2, -0.15) is 0 Å². The fourth-order valence-electron chi connectivity index (χ4n) is 2.72. The van der Waals surface area contributed by atoms with Crippen molar-refractivity contribution in [1.29, 1.82) is 0 Å². The first-order valence-electron chi connectivity index (χ1n) is 9.37. The third-order valence-electron chi connectivity index (χ3n) is 4.51. The standard InChI is InChI=1S/C22H29N3O3/c1-5-25(15-21(26)23-19-10-12-20(28-4)13-11-19)16-22(27)24(3)14-18-8-6-17(2)7-9-18/h6-13H,5,14-16H2,1-4H3,(H,23,26). The third kappa shape index (κ3) is 6.70. The number of amides is 2. The molecule has 2 aromatic rings. The maximum atomic E-state index is 12.5. The number of rotatable bonds is 9. The van der Waals surface area contributed by atoms with E-state index in [1.54, 1.807) is 43.3 Å². The highest BCUT2D eigenvalue weighted by Gasteiger charge is 2.16. The van der Waals surface area contributed by atoms with E-state index in [1.807, 2.05) is 43.0 Å². The molecule has 0 saturated heterocycles. The Balaban J connectivity index is 1.84. The van der Waals surface area contributed by atoms with Crippen molar-refractivity contribution in [1.82, 2.24) is 9.80 Å². The summed E-state index contributed by atoms with van der Waals surface area (Å²) < 4.78 is 5.11. The van der Waals surface area contributed by atoms with E-state index in [4.69, 9.17) is 4.74 Å². The molecule has 2 rings (SSSR count). The fourth-order valence-corrected chi connectivity index (χ4v) is 2.72. The molecule has 150 valence electrons. The largest absolute Gasteiger partial charge is 0.497 e. The summed E-state index contributed by atoms with van der Waals surface area (Å²) in [5.74, 6) is 0.566. The molecule has 0 aliphatic carbocycles. The Kier molecular flexibility index (Phi) is 8.02. The van der Waals surface area contributed by atoms with Crippen molar-refractivity contribution in [2.75, 3.05) is 39.1 Å². The average Bonchev–Trinajstić information content (AvgIpc) is 2.69. The van der Waals surface area contributed by atoms with Gasteiger partial charge in [-0.3, -0.25) is 14.5 Å². The Hall–Kier alpha value is -2.86. The van der Waals surface area contributed by atoms with Crippen molar-refractivity contribution >= 4 is 17.5 Å². The number of methoxy groups -OCH3 is 1. The van der Waals surface area contributed by atoms with Crippen LogP contribution in [0.25, 0.3) is 0 Å². The lowest BCUT2D eigenvalue weighted by atomic mass is 10.1. The van der Waals surface area contributed by atoms with E-state index in [2.05, 4.69) is 5.32 Å². The molecular weight excluding hydrogens is 354 g/mol. The lowest BCUT2D eigenvalue weighted by Crippen LogP contribution is -2.41. The Morgan fingerprint density at radius 2 is 1.64 bits per heavy atom. The predicted molar refractivity (Wildman–Crippen MR) is 111 cm³/mol. The van der Waals surface area contributed by atoms with Crippen molar-refractivity contribution in [2.45, 2.75) is 20.4 Å². The van der Waals surface area contributed by atoms with Gasteiger partial charge in [-0.15, -0.1) is 0 Å². The minimum Gasteiger partial charge on any atom is -0.497 e. The third-order valence-corrected chi connectivity index (χ3v) is 4.51. The predicted octanol–water partition coefficient (Wildman–Crippen LogP) is 2.92. The molecule has 2 amide bonds. The Labute approximate surface area is 167 Å². The topological polar surface area (TPSA) is 61.9 Å². The number of aryl methyl sites for hydroxylation is 1. The number of nitrogens with one attached hydrogen (secondary N) is 1. The minimum absolute atomic E-state index is 0.0142. The molecule has 6 heteroatoms. The molecule has 0 fully saturated rings. The summed E-state index contributed by atoms with van der Waals surface area (Å²) in [6.07, 6.45) is 0. The van der Waals surface area contributed by atoms with Crippen LogP contribution in [0.15, 0.2) is 48.5 Å². The van der Waals surface area contributed by atoms with Crippen molar-refractivity contribution in [3.63, 3.8) is 0 Å². The van der Waals surface area contributed by atoms with Crippen LogP contribution in [-0.4, -0.2) is 55.4 Å². The van der Waals surface area contributed by atoms with E-state index >= 15 is 0 Å². The molecule has 0 aromatic heterocycles. The molecular formula is C22H29N3O3. The fraction of sp³-hybridized carbons (Fsp3) is 0.364. The van der Waals surface area contributed by atoms with E-state index in [-0.39, 0.29) is 24.9 Å². The van der Waals surface area contributed by atoms with E-state index in [0.717, 1.165) is 11.3 Å². The molecule has 1 N–H and O–H groups in total. The van der Waals surface area contributed by atoms with Crippen molar-refractivity contribution in [2.24, 2.45) is 0 Å². The number of nitrogens with zero attached hydrogens (tertiary/aromatic N) is 2. The summed E-state index contributed by atoms with van der Waals surface area (Å²) in [5, 5.41) is 2.84. The van der Waals surface area contributed by atoms with Gasteiger partial charge in [0.05, 0.1) is 20.2 Å². The van der Waals surface area contributed by atoms with E-state index < -0.39 is 0 Å². The Bertz CT molecular complexity index is 773. The van der Waals surface area contributed by atoms with Gasteiger partial charge in [0.25, 0.3) is 0 Å².